The van der Waals surface area contributed by atoms with E-state index in [2.05, 4.69) is 19.6 Å². The van der Waals surface area contributed by atoms with E-state index in [4.69, 9.17) is 4.74 Å². The molecular weight excluding hydrogens is 246 g/mol. The maximum atomic E-state index is 11.9. The molecule has 1 atom stereocenters. The zero-order valence-corrected chi connectivity index (χ0v) is 11.7. The number of carbonyl (C=O) groups is 1. The molecule has 0 aliphatic carbocycles. The van der Waals surface area contributed by atoms with E-state index >= 15 is 0 Å². The predicted molar refractivity (Wildman–Crippen MR) is 76.7 cm³/mol. The monoisotopic (exact) mass is 265 g/mol. The van der Waals surface area contributed by atoms with Crippen LogP contribution in [0.5, 0.6) is 5.75 Å². The summed E-state index contributed by atoms with van der Waals surface area (Å²) in [5.74, 6) is 0.924. The van der Waals surface area contributed by atoms with Gasteiger partial charge in [0.2, 0.25) is 5.91 Å². The fraction of sp³-hybridized carbons (Fsp3) is 0.500. The smallest absolute Gasteiger partial charge is 0.228 e. The molecule has 0 N–H and O–H groups in total. The second-order valence-electron chi connectivity index (χ2n) is 4.68. The van der Waals surface area contributed by atoms with E-state index in [0.717, 1.165) is 23.4 Å². The minimum absolute atomic E-state index is 0.123. The molecule has 2 rings (SSSR count). The summed E-state index contributed by atoms with van der Waals surface area (Å²) in [4.78, 5) is 13.7. The number of benzene rings is 1. The first-order valence-electron chi connectivity index (χ1n) is 6.33. The minimum Gasteiger partial charge on any atom is -0.491 e. The average Bonchev–Trinajstić information content (AvgIpc) is 2.66. The number of carbonyl (C=O) groups excluding carboxylic acids is 1. The molecule has 0 radical (unpaired) electrons. The van der Waals surface area contributed by atoms with Crippen molar-refractivity contribution in [3.05, 3.63) is 23.8 Å². The van der Waals surface area contributed by atoms with E-state index in [1.807, 2.05) is 25.1 Å². The van der Waals surface area contributed by atoms with Gasteiger partial charge < -0.3 is 9.64 Å². The normalized spacial score (nSPS) is 19.4. The fourth-order valence-electron chi connectivity index (χ4n) is 2.09. The van der Waals surface area contributed by atoms with Crippen molar-refractivity contribution in [3.8, 4) is 5.75 Å². The van der Waals surface area contributed by atoms with Crippen molar-refractivity contribution in [2.75, 3.05) is 18.1 Å². The highest BCUT2D eigenvalue weighted by molar-refractivity contribution is 7.81. The van der Waals surface area contributed by atoms with Gasteiger partial charge in [-0.25, -0.2) is 0 Å². The first-order valence-corrected chi connectivity index (χ1v) is 6.85. The molecule has 0 bridgehead atoms. The fourth-order valence-corrected chi connectivity index (χ4v) is 2.41. The maximum Gasteiger partial charge on any atom is 0.228 e. The summed E-state index contributed by atoms with van der Waals surface area (Å²) in [5, 5.41) is 0.123. The van der Waals surface area contributed by atoms with Crippen LogP contribution in [0.25, 0.3) is 0 Å². The van der Waals surface area contributed by atoms with Crippen LogP contribution in [-0.4, -0.2) is 24.3 Å². The standard InChI is InChI=1S/C14H19NO2S/c1-3-6-17-13-7-10(2)4-5-12(13)15-9-11(18)8-14(15)16/h4-5,7,11,18H,3,6,8-9H2,1-2H3. The number of ether oxygens (including phenoxy) is 1. The van der Waals surface area contributed by atoms with Gasteiger partial charge in [0.15, 0.2) is 0 Å². The van der Waals surface area contributed by atoms with Gasteiger partial charge in [-0.2, -0.15) is 12.6 Å². The molecule has 98 valence electrons. The Bertz CT molecular complexity index is 447. The Balaban J connectivity index is 2.28. The molecule has 1 saturated heterocycles. The lowest BCUT2D eigenvalue weighted by Crippen LogP contribution is -2.25. The topological polar surface area (TPSA) is 29.5 Å². The Kier molecular flexibility index (Phi) is 4.17. The van der Waals surface area contributed by atoms with E-state index in [1.54, 1.807) is 4.90 Å². The van der Waals surface area contributed by atoms with Crippen LogP contribution < -0.4 is 9.64 Å². The summed E-state index contributed by atoms with van der Waals surface area (Å²) in [7, 11) is 0. The van der Waals surface area contributed by atoms with Crippen molar-refractivity contribution >= 4 is 24.2 Å². The molecular formula is C14H19NO2S. The molecule has 18 heavy (non-hydrogen) atoms. The van der Waals surface area contributed by atoms with E-state index in [9.17, 15) is 4.79 Å². The van der Waals surface area contributed by atoms with E-state index < -0.39 is 0 Å². The summed E-state index contributed by atoms with van der Waals surface area (Å²) in [6, 6.07) is 5.96. The van der Waals surface area contributed by atoms with Crippen LogP contribution in [0.3, 0.4) is 0 Å². The lowest BCUT2D eigenvalue weighted by Gasteiger charge is -2.20. The van der Waals surface area contributed by atoms with Crippen molar-refractivity contribution in [2.45, 2.75) is 31.9 Å². The molecule has 0 spiro atoms. The van der Waals surface area contributed by atoms with E-state index in [1.165, 1.54) is 0 Å². The largest absolute Gasteiger partial charge is 0.491 e. The average molecular weight is 265 g/mol. The van der Waals surface area contributed by atoms with Crippen molar-refractivity contribution in [3.63, 3.8) is 0 Å². The van der Waals surface area contributed by atoms with Crippen LogP contribution in [0.2, 0.25) is 0 Å². The predicted octanol–water partition coefficient (Wildman–Crippen LogP) is 2.82. The van der Waals surface area contributed by atoms with E-state index in [-0.39, 0.29) is 11.2 Å². The van der Waals surface area contributed by atoms with Gasteiger partial charge in [0.25, 0.3) is 0 Å². The summed E-state index contributed by atoms with van der Waals surface area (Å²) in [6.07, 6.45) is 1.46. The Morgan fingerprint density at radius 1 is 1.50 bits per heavy atom. The number of aryl methyl sites for hydroxylation is 1. The van der Waals surface area contributed by atoms with Gasteiger partial charge >= 0.3 is 0 Å². The van der Waals surface area contributed by atoms with Crippen LogP contribution in [0.1, 0.15) is 25.3 Å². The summed E-state index contributed by atoms with van der Waals surface area (Å²) in [6.45, 7) is 5.42. The number of amides is 1. The van der Waals surface area contributed by atoms with Crippen LogP contribution >= 0.6 is 12.6 Å². The third-order valence-electron chi connectivity index (χ3n) is 2.97. The van der Waals surface area contributed by atoms with Crippen molar-refractivity contribution in [1.29, 1.82) is 0 Å². The molecule has 1 fully saturated rings. The second-order valence-corrected chi connectivity index (χ2v) is 5.41. The lowest BCUT2D eigenvalue weighted by atomic mass is 10.2. The quantitative estimate of drug-likeness (QED) is 0.848. The molecule has 1 aliphatic rings. The van der Waals surface area contributed by atoms with E-state index in [0.29, 0.717) is 19.6 Å². The first kappa shape index (κ1) is 13.3. The maximum absolute atomic E-state index is 11.9. The Morgan fingerprint density at radius 3 is 2.89 bits per heavy atom. The van der Waals surface area contributed by atoms with Gasteiger partial charge in [0.05, 0.1) is 12.3 Å². The van der Waals surface area contributed by atoms with Crippen LogP contribution in [-0.2, 0) is 4.79 Å². The third kappa shape index (κ3) is 2.80. The molecule has 0 aromatic heterocycles. The minimum atomic E-state index is 0.123. The molecule has 1 heterocycles. The summed E-state index contributed by atoms with van der Waals surface area (Å²) < 4.78 is 5.74. The molecule has 1 amide bonds. The highest BCUT2D eigenvalue weighted by Crippen LogP contribution is 2.33. The highest BCUT2D eigenvalue weighted by atomic mass is 32.1. The second kappa shape index (κ2) is 5.65. The summed E-state index contributed by atoms with van der Waals surface area (Å²) >= 11 is 4.38. The number of hydrogen-bond acceptors (Lipinski definition) is 3. The number of rotatable bonds is 4. The molecule has 1 aromatic rings. The van der Waals surface area contributed by atoms with Gasteiger partial charge in [-0.3, -0.25) is 4.79 Å². The van der Waals surface area contributed by atoms with Crippen LogP contribution in [0.4, 0.5) is 5.69 Å². The lowest BCUT2D eigenvalue weighted by molar-refractivity contribution is -0.117. The zero-order valence-electron chi connectivity index (χ0n) is 10.8. The summed E-state index contributed by atoms with van der Waals surface area (Å²) in [5.41, 5.74) is 2.01. The van der Waals surface area contributed by atoms with Crippen LogP contribution in [0, 0.1) is 6.92 Å². The van der Waals surface area contributed by atoms with Gasteiger partial charge in [0.1, 0.15) is 5.75 Å². The SMILES string of the molecule is CCCOc1cc(C)ccc1N1CC(S)CC1=O. The van der Waals surface area contributed by atoms with Crippen molar-refractivity contribution in [2.24, 2.45) is 0 Å². The van der Waals surface area contributed by atoms with Gasteiger partial charge in [-0.1, -0.05) is 13.0 Å². The molecule has 0 saturated carbocycles. The van der Waals surface area contributed by atoms with Crippen molar-refractivity contribution < 1.29 is 9.53 Å². The van der Waals surface area contributed by atoms with Gasteiger partial charge in [-0.05, 0) is 31.0 Å². The molecule has 4 heteroatoms. The van der Waals surface area contributed by atoms with Gasteiger partial charge in [0, 0.05) is 18.2 Å². The van der Waals surface area contributed by atoms with Crippen molar-refractivity contribution in [1.82, 2.24) is 0 Å². The Morgan fingerprint density at radius 2 is 2.28 bits per heavy atom. The Hall–Kier alpha value is -1.16. The highest BCUT2D eigenvalue weighted by Gasteiger charge is 2.30. The molecule has 1 aromatic carbocycles. The Labute approximate surface area is 114 Å². The number of thiol groups is 1. The molecule has 1 unspecified atom stereocenters. The zero-order chi connectivity index (χ0) is 13.1. The number of hydrogen-bond donors (Lipinski definition) is 1. The third-order valence-corrected chi connectivity index (χ3v) is 3.32. The number of nitrogens with zero attached hydrogens (tertiary/aromatic N) is 1. The molecule has 3 nitrogen and oxygen atoms in total. The van der Waals surface area contributed by atoms with Gasteiger partial charge in [-0.15, -0.1) is 0 Å². The first-order chi connectivity index (χ1) is 8.61. The molecule has 1 aliphatic heterocycles. The van der Waals surface area contributed by atoms with Crippen LogP contribution in [0.15, 0.2) is 18.2 Å². The number of anilines is 1.